The van der Waals surface area contributed by atoms with Crippen molar-refractivity contribution in [1.29, 1.82) is 0 Å². The number of aromatic hydroxyl groups is 1. The van der Waals surface area contributed by atoms with Crippen LogP contribution in [0.1, 0.15) is 18.9 Å². The van der Waals surface area contributed by atoms with Gasteiger partial charge in [-0.25, -0.2) is 8.42 Å². The molecule has 11 heteroatoms. The molecular formula is C22H22N4O6S. The van der Waals surface area contributed by atoms with Gasteiger partial charge in [0.25, 0.3) is 15.7 Å². The summed E-state index contributed by atoms with van der Waals surface area (Å²) in [5.74, 6) is 0.396. The highest BCUT2D eigenvalue weighted by molar-refractivity contribution is 7.93. The van der Waals surface area contributed by atoms with Gasteiger partial charge in [-0.2, -0.15) is 5.10 Å². The lowest BCUT2D eigenvalue weighted by molar-refractivity contribution is -0.385. The van der Waals surface area contributed by atoms with Gasteiger partial charge in [-0.3, -0.25) is 20.3 Å². The number of anilines is 2. The van der Waals surface area contributed by atoms with Gasteiger partial charge in [-0.15, -0.1) is 0 Å². The Bertz CT molecular complexity index is 1290. The number of hydrogen-bond acceptors (Lipinski definition) is 8. The predicted molar refractivity (Wildman–Crippen MR) is 125 cm³/mol. The standard InChI is InChI=1S/C22H22N4O6S/c1-3-18(15-8-11-17(27)12-9-15)23-24-20-13-10-16(26(28)29)14-22(20)33(30,31)25-19-6-4-5-7-21(19)32-2/h4-14,24-25,27H,3H2,1-2H3. The average molecular weight is 471 g/mol. The first-order valence-corrected chi connectivity index (χ1v) is 11.3. The van der Waals surface area contributed by atoms with Gasteiger partial charge in [-0.05, 0) is 54.4 Å². The molecule has 3 aromatic carbocycles. The molecule has 33 heavy (non-hydrogen) atoms. The number of non-ortho nitro benzene ring substituents is 1. The van der Waals surface area contributed by atoms with Crippen molar-refractivity contribution in [2.45, 2.75) is 18.2 Å². The van der Waals surface area contributed by atoms with Crippen molar-refractivity contribution in [2.75, 3.05) is 17.3 Å². The maximum absolute atomic E-state index is 13.2. The summed E-state index contributed by atoms with van der Waals surface area (Å²) >= 11 is 0. The quantitative estimate of drug-likeness (QED) is 0.240. The Balaban J connectivity index is 2.02. The molecule has 0 aliphatic carbocycles. The monoisotopic (exact) mass is 470 g/mol. The number of hydrogen-bond donors (Lipinski definition) is 3. The van der Waals surface area contributed by atoms with Crippen molar-refractivity contribution in [3.8, 4) is 11.5 Å². The molecule has 0 bridgehead atoms. The predicted octanol–water partition coefficient (Wildman–Crippen LogP) is 4.34. The van der Waals surface area contributed by atoms with Crippen molar-refractivity contribution in [3.05, 3.63) is 82.4 Å². The summed E-state index contributed by atoms with van der Waals surface area (Å²) in [6.45, 7) is 1.87. The van der Waals surface area contributed by atoms with Gasteiger partial charge >= 0.3 is 0 Å². The van der Waals surface area contributed by atoms with Crippen LogP contribution >= 0.6 is 0 Å². The third-order valence-corrected chi connectivity index (χ3v) is 6.07. The summed E-state index contributed by atoms with van der Waals surface area (Å²) in [6.07, 6.45) is 0.506. The van der Waals surface area contributed by atoms with Gasteiger partial charge in [0.1, 0.15) is 16.4 Å². The second kappa shape index (κ2) is 10.0. The van der Waals surface area contributed by atoms with Crippen LogP contribution in [0.4, 0.5) is 17.1 Å². The average Bonchev–Trinajstić information content (AvgIpc) is 2.80. The molecule has 0 unspecified atom stereocenters. The zero-order valence-electron chi connectivity index (χ0n) is 17.8. The Kier molecular flexibility index (Phi) is 7.13. The first-order valence-electron chi connectivity index (χ1n) is 9.81. The molecule has 0 aliphatic heterocycles. The van der Waals surface area contributed by atoms with Gasteiger partial charge in [0, 0.05) is 12.1 Å². The first kappa shape index (κ1) is 23.5. The summed E-state index contributed by atoms with van der Waals surface area (Å²) < 4.78 is 34.0. The number of hydrazone groups is 1. The fraction of sp³-hybridized carbons (Fsp3) is 0.136. The Hall–Kier alpha value is -4.12. The Morgan fingerprint density at radius 2 is 1.79 bits per heavy atom. The summed E-state index contributed by atoms with van der Waals surface area (Å²) in [4.78, 5) is 10.2. The van der Waals surface area contributed by atoms with E-state index in [-0.39, 0.29) is 27.7 Å². The SMILES string of the molecule is CCC(=NNc1ccc([N+](=O)[O-])cc1S(=O)(=O)Nc1ccccc1OC)c1ccc(O)cc1. The molecule has 0 saturated heterocycles. The minimum Gasteiger partial charge on any atom is -0.508 e. The van der Waals surface area contributed by atoms with Crippen LogP contribution in [0.3, 0.4) is 0 Å². The molecule has 0 atom stereocenters. The van der Waals surface area contributed by atoms with E-state index in [1.807, 2.05) is 6.92 Å². The molecule has 3 N–H and O–H groups in total. The number of nitro groups is 1. The van der Waals surface area contributed by atoms with E-state index in [1.54, 1.807) is 30.3 Å². The van der Waals surface area contributed by atoms with Crippen LogP contribution in [-0.4, -0.2) is 31.3 Å². The van der Waals surface area contributed by atoms with E-state index in [1.165, 1.54) is 37.4 Å². The molecular weight excluding hydrogens is 448 g/mol. The van der Waals surface area contributed by atoms with E-state index in [0.717, 1.165) is 11.6 Å². The lowest BCUT2D eigenvalue weighted by Crippen LogP contribution is -2.16. The van der Waals surface area contributed by atoms with Crippen LogP contribution < -0.4 is 14.9 Å². The molecule has 0 aliphatic rings. The molecule has 0 spiro atoms. The highest BCUT2D eigenvalue weighted by Gasteiger charge is 2.24. The molecule has 0 amide bonds. The third-order valence-electron chi connectivity index (χ3n) is 4.66. The number of nitrogens with zero attached hydrogens (tertiary/aromatic N) is 2. The summed E-state index contributed by atoms with van der Waals surface area (Å²) in [5.41, 5.74) is 3.87. The molecule has 3 aromatic rings. The Morgan fingerprint density at radius 3 is 2.42 bits per heavy atom. The molecule has 10 nitrogen and oxygen atoms in total. The Morgan fingerprint density at radius 1 is 1.09 bits per heavy atom. The number of phenols is 1. The molecule has 0 heterocycles. The molecule has 172 valence electrons. The summed E-state index contributed by atoms with van der Waals surface area (Å²) in [6, 6.07) is 16.2. The van der Waals surface area contributed by atoms with Crippen LogP contribution in [0, 0.1) is 10.1 Å². The topological polar surface area (TPSA) is 143 Å². The van der Waals surface area contributed by atoms with Crippen molar-refractivity contribution in [3.63, 3.8) is 0 Å². The number of sulfonamides is 1. The van der Waals surface area contributed by atoms with Crippen molar-refractivity contribution < 1.29 is 23.2 Å². The van der Waals surface area contributed by atoms with Crippen molar-refractivity contribution in [2.24, 2.45) is 5.10 Å². The number of nitrogens with one attached hydrogen (secondary N) is 2. The number of benzene rings is 3. The minimum absolute atomic E-state index is 0.0488. The van der Waals surface area contributed by atoms with Gasteiger partial charge in [0.05, 0.1) is 29.1 Å². The zero-order chi connectivity index (χ0) is 24.0. The molecule has 0 aromatic heterocycles. The van der Waals surface area contributed by atoms with Gasteiger partial charge < -0.3 is 9.84 Å². The fourth-order valence-electron chi connectivity index (χ4n) is 3.00. The molecule has 0 saturated carbocycles. The van der Waals surface area contributed by atoms with Crippen LogP contribution in [0.2, 0.25) is 0 Å². The van der Waals surface area contributed by atoms with Crippen LogP contribution in [0.15, 0.2) is 76.7 Å². The van der Waals surface area contributed by atoms with Crippen LogP contribution in [0.25, 0.3) is 0 Å². The minimum atomic E-state index is -4.26. The molecule has 3 rings (SSSR count). The lowest BCUT2D eigenvalue weighted by atomic mass is 10.1. The number of methoxy groups -OCH3 is 1. The normalized spacial score (nSPS) is 11.6. The number of nitro benzene ring substituents is 1. The van der Waals surface area contributed by atoms with E-state index in [0.29, 0.717) is 17.9 Å². The van der Waals surface area contributed by atoms with Gasteiger partial charge in [-0.1, -0.05) is 19.1 Å². The van der Waals surface area contributed by atoms with E-state index in [2.05, 4.69) is 15.2 Å². The first-order chi connectivity index (χ1) is 15.7. The maximum Gasteiger partial charge on any atom is 0.270 e. The van der Waals surface area contributed by atoms with E-state index in [4.69, 9.17) is 4.74 Å². The number of phenolic OH excluding ortho intramolecular Hbond substituents is 1. The highest BCUT2D eigenvalue weighted by Crippen LogP contribution is 2.31. The largest absolute Gasteiger partial charge is 0.508 e. The van der Waals surface area contributed by atoms with Crippen molar-refractivity contribution in [1.82, 2.24) is 0 Å². The highest BCUT2D eigenvalue weighted by atomic mass is 32.2. The second-order valence-electron chi connectivity index (χ2n) is 6.81. The lowest BCUT2D eigenvalue weighted by Gasteiger charge is -2.14. The van der Waals surface area contributed by atoms with Crippen LogP contribution in [-0.2, 0) is 10.0 Å². The van der Waals surface area contributed by atoms with E-state index in [9.17, 15) is 23.6 Å². The summed E-state index contributed by atoms with van der Waals surface area (Å²) in [5, 5.41) is 25.1. The van der Waals surface area contributed by atoms with Crippen LogP contribution in [0.5, 0.6) is 11.5 Å². The second-order valence-corrected chi connectivity index (χ2v) is 8.46. The van der Waals surface area contributed by atoms with Crippen molar-refractivity contribution >= 4 is 32.8 Å². The summed E-state index contributed by atoms with van der Waals surface area (Å²) in [7, 11) is -2.86. The number of rotatable bonds is 9. The fourth-order valence-corrected chi connectivity index (χ4v) is 4.24. The number of ether oxygens (including phenoxy) is 1. The number of para-hydroxylation sites is 2. The van der Waals surface area contributed by atoms with E-state index < -0.39 is 14.9 Å². The zero-order valence-corrected chi connectivity index (χ0v) is 18.7. The van der Waals surface area contributed by atoms with E-state index >= 15 is 0 Å². The van der Waals surface area contributed by atoms with Gasteiger partial charge in [0.2, 0.25) is 0 Å². The Labute approximate surface area is 190 Å². The third kappa shape index (κ3) is 5.57. The maximum atomic E-state index is 13.2. The molecule has 0 radical (unpaired) electrons. The smallest absolute Gasteiger partial charge is 0.270 e. The molecule has 0 fully saturated rings. The van der Waals surface area contributed by atoms with Gasteiger partial charge in [0.15, 0.2) is 0 Å².